The number of hydrogen-bond donors (Lipinski definition) is 1. The number of carbonyl (C=O) groups excluding carboxylic acids is 1. The minimum absolute atomic E-state index is 0.0640. The third-order valence-corrected chi connectivity index (χ3v) is 9.76. The van der Waals surface area contributed by atoms with Crippen molar-refractivity contribution >= 4 is 5.97 Å². The Kier molecular flexibility index (Phi) is 5.44. The van der Waals surface area contributed by atoms with Crippen molar-refractivity contribution in [3.63, 3.8) is 0 Å². The maximum absolute atomic E-state index is 11.6. The second-order valence-electron chi connectivity index (χ2n) is 10.9. The van der Waals surface area contributed by atoms with Gasteiger partial charge in [-0.2, -0.15) is 0 Å². The maximum Gasteiger partial charge on any atom is 0.305 e. The van der Waals surface area contributed by atoms with Crippen LogP contribution < -0.4 is 0 Å². The molecule has 0 heterocycles. The molecule has 0 aliphatic heterocycles. The number of fused-ring (bicyclic) bond motifs is 4. The Morgan fingerprint density at radius 1 is 1.18 bits per heavy atom. The molecule has 0 radical (unpaired) electrons. The third-order valence-electron chi connectivity index (χ3n) is 9.76. The van der Waals surface area contributed by atoms with Gasteiger partial charge in [-0.1, -0.05) is 31.9 Å². The smallest absolute Gasteiger partial charge is 0.305 e. The zero-order chi connectivity index (χ0) is 20.1. The Labute approximate surface area is 171 Å². The normalized spacial score (nSPS) is 43.8. The number of aliphatic hydroxyl groups is 1. The van der Waals surface area contributed by atoms with Crippen LogP contribution in [0.1, 0.15) is 91.4 Å². The number of allylic oxidation sites excluding steroid dienone is 2. The van der Waals surface area contributed by atoms with Crippen LogP contribution in [0.5, 0.6) is 0 Å². The predicted octanol–water partition coefficient (Wildman–Crippen LogP) is 5.66. The monoisotopic (exact) mass is 388 g/mol. The lowest BCUT2D eigenvalue weighted by Crippen LogP contribution is -2.45. The molecular formula is C25H40O3. The average molecular weight is 389 g/mol. The molecule has 3 nitrogen and oxygen atoms in total. The van der Waals surface area contributed by atoms with E-state index in [0.717, 1.165) is 31.1 Å². The lowest BCUT2D eigenvalue weighted by molar-refractivity contribution is -0.141. The lowest BCUT2D eigenvalue weighted by atomic mass is 9.50. The molecule has 1 N–H and O–H groups in total. The summed E-state index contributed by atoms with van der Waals surface area (Å²) in [6.45, 7) is 7.45. The van der Waals surface area contributed by atoms with Crippen LogP contribution in [0.2, 0.25) is 0 Å². The number of hydrogen-bond acceptors (Lipinski definition) is 3. The topological polar surface area (TPSA) is 46.5 Å². The van der Waals surface area contributed by atoms with Crippen molar-refractivity contribution in [1.29, 1.82) is 0 Å². The zero-order valence-corrected chi connectivity index (χ0v) is 18.4. The highest BCUT2D eigenvalue weighted by molar-refractivity contribution is 5.69. The molecule has 28 heavy (non-hydrogen) atoms. The largest absolute Gasteiger partial charge is 0.469 e. The summed E-state index contributed by atoms with van der Waals surface area (Å²) < 4.78 is 4.87. The minimum atomic E-state index is -0.0689. The summed E-state index contributed by atoms with van der Waals surface area (Å²) in [7, 11) is 1.50. The summed E-state index contributed by atoms with van der Waals surface area (Å²) >= 11 is 0. The Bertz CT molecular complexity index is 652. The number of methoxy groups -OCH3 is 1. The van der Waals surface area contributed by atoms with E-state index in [1.165, 1.54) is 52.1 Å². The van der Waals surface area contributed by atoms with Crippen LogP contribution in [-0.2, 0) is 9.53 Å². The molecule has 4 rings (SSSR count). The first kappa shape index (κ1) is 20.4. The molecule has 0 spiro atoms. The number of esters is 1. The molecule has 4 aliphatic rings. The summed E-state index contributed by atoms with van der Waals surface area (Å²) in [5.41, 5.74) is 4.39. The van der Waals surface area contributed by atoms with Crippen LogP contribution in [0.4, 0.5) is 0 Å². The highest BCUT2D eigenvalue weighted by Crippen LogP contribution is 2.65. The van der Waals surface area contributed by atoms with Crippen LogP contribution in [0, 0.1) is 34.5 Å². The van der Waals surface area contributed by atoms with Crippen molar-refractivity contribution in [1.82, 2.24) is 0 Å². The standard InChI is InChI=1S/C25H40O3/c1-16(5-10-23(27)28-4)20-8-9-21-19-7-6-17-15-18(26)11-13-24(17,2)22(19)12-14-25(20,21)3/h16-18,20-21,26H,5-15H2,1-4H3/t16-,17-,18-,20-,21+,24+,25-/m1/s1. The van der Waals surface area contributed by atoms with E-state index >= 15 is 0 Å². The first-order chi connectivity index (χ1) is 13.3. The van der Waals surface area contributed by atoms with E-state index in [9.17, 15) is 9.90 Å². The molecule has 158 valence electrons. The van der Waals surface area contributed by atoms with Crippen LogP contribution in [-0.4, -0.2) is 24.3 Å². The van der Waals surface area contributed by atoms with E-state index in [1.54, 1.807) is 5.57 Å². The lowest BCUT2D eigenvalue weighted by Gasteiger charge is -2.55. The molecule has 0 saturated heterocycles. The quantitative estimate of drug-likeness (QED) is 0.499. The predicted molar refractivity (Wildman–Crippen MR) is 112 cm³/mol. The van der Waals surface area contributed by atoms with Gasteiger partial charge >= 0.3 is 5.97 Å². The highest BCUT2D eigenvalue weighted by atomic mass is 16.5. The fraction of sp³-hybridized carbons (Fsp3) is 0.880. The van der Waals surface area contributed by atoms with Crippen molar-refractivity contribution in [2.45, 2.75) is 97.5 Å². The van der Waals surface area contributed by atoms with Crippen LogP contribution in [0.15, 0.2) is 11.1 Å². The summed E-state index contributed by atoms with van der Waals surface area (Å²) in [5, 5.41) is 10.2. The Morgan fingerprint density at radius 2 is 1.96 bits per heavy atom. The van der Waals surface area contributed by atoms with Gasteiger partial charge < -0.3 is 9.84 Å². The zero-order valence-electron chi connectivity index (χ0n) is 18.4. The van der Waals surface area contributed by atoms with Gasteiger partial charge in [-0.15, -0.1) is 0 Å². The van der Waals surface area contributed by atoms with Crippen molar-refractivity contribution in [3.8, 4) is 0 Å². The SMILES string of the molecule is COC(=O)CC[C@@H](C)[C@H]1CC[C@H]2C3=C(CC[C@]12C)[C@@]1(C)CC[C@@H](O)C[C@H]1CC3. The summed E-state index contributed by atoms with van der Waals surface area (Å²) in [4.78, 5) is 11.6. The summed E-state index contributed by atoms with van der Waals surface area (Å²) in [6.07, 6.45) is 12.4. The van der Waals surface area contributed by atoms with Gasteiger partial charge in [-0.3, -0.25) is 4.79 Å². The van der Waals surface area contributed by atoms with Gasteiger partial charge in [0.05, 0.1) is 13.2 Å². The van der Waals surface area contributed by atoms with Gasteiger partial charge in [0.15, 0.2) is 0 Å². The number of carbonyl (C=O) groups is 1. The van der Waals surface area contributed by atoms with Gasteiger partial charge in [0.25, 0.3) is 0 Å². The van der Waals surface area contributed by atoms with Crippen molar-refractivity contribution in [2.24, 2.45) is 34.5 Å². The average Bonchev–Trinajstić information content (AvgIpc) is 3.03. The van der Waals surface area contributed by atoms with E-state index in [2.05, 4.69) is 20.8 Å². The van der Waals surface area contributed by atoms with Gasteiger partial charge in [-0.25, -0.2) is 0 Å². The fourth-order valence-corrected chi connectivity index (χ4v) is 8.06. The Hall–Kier alpha value is -0.830. The molecule has 0 bridgehead atoms. The molecule has 0 aromatic carbocycles. The van der Waals surface area contributed by atoms with Gasteiger partial charge in [-0.05, 0) is 98.7 Å². The van der Waals surface area contributed by atoms with E-state index < -0.39 is 0 Å². The molecule has 2 saturated carbocycles. The molecule has 7 atom stereocenters. The van der Waals surface area contributed by atoms with Crippen molar-refractivity contribution in [3.05, 3.63) is 11.1 Å². The first-order valence-corrected chi connectivity index (χ1v) is 11.8. The molecule has 0 unspecified atom stereocenters. The van der Waals surface area contributed by atoms with Crippen LogP contribution in [0.25, 0.3) is 0 Å². The maximum atomic E-state index is 11.6. The molecule has 2 fully saturated rings. The second kappa shape index (κ2) is 7.45. The Balaban J connectivity index is 1.55. The van der Waals surface area contributed by atoms with E-state index in [4.69, 9.17) is 4.74 Å². The van der Waals surface area contributed by atoms with E-state index in [1.807, 2.05) is 5.57 Å². The summed E-state index contributed by atoms with van der Waals surface area (Å²) in [6, 6.07) is 0. The number of ether oxygens (including phenoxy) is 1. The van der Waals surface area contributed by atoms with E-state index in [0.29, 0.717) is 29.1 Å². The van der Waals surface area contributed by atoms with Gasteiger partial charge in [0.2, 0.25) is 0 Å². The van der Waals surface area contributed by atoms with Gasteiger partial charge in [0, 0.05) is 6.42 Å². The molecule has 0 amide bonds. The minimum Gasteiger partial charge on any atom is -0.469 e. The van der Waals surface area contributed by atoms with Crippen LogP contribution >= 0.6 is 0 Å². The fourth-order valence-electron chi connectivity index (χ4n) is 8.06. The van der Waals surface area contributed by atoms with Crippen molar-refractivity contribution < 1.29 is 14.6 Å². The van der Waals surface area contributed by atoms with E-state index in [-0.39, 0.29) is 12.1 Å². The molecule has 3 heteroatoms. The highest BCUT2D eigenvalue weighted by Gasteiger charge is 2.55. The molecule has 0 aromatic heterocycles. The third kappa shape index (κ3) is 3.16. The second-order valence-corrected chi connectivity index (χ2v) is 10.9. The molecule has 0 aromatic rings. The first-order valence-electron chi connectivity index (χ1n) is 11.8. The van der Waals surface area contributed by atoms with Gasteiger partial charge in [0.1, 0.15) is 0 Å². The van der Waals surface area contributed by atoms with Crippen molar-refractivity contribution in [2.75, 3.05) is 7.11 Å². The molecule has 4 aliphatic carbocycles. The number of aliphatic hydroxyl groups excluding tert-OH is 1. The Morgan fingerprint density at radius 3 is 2.71 bits per heavy atom. The van der Waals surface area contributed by atoms with Crippen LogP contribution in [0.3, 0.4) is 0 Å². The number of rotatable bonds is 4. The summed E-state index contributed by atoms with van der Waals surface area (Å²) in [5.74, 6) is 2.70. The molecular weight excluding hydrogens is 348 g/mol.